The molecular formula is C34H33Cl2F3N6OS. The normalized spacial score (nSPS) is 12.0. The summed E-state index contributed by atoms with van der Waals surface area (Å²) >= 11 is 18.5. The number of halogens is 5. The molecule has 0 saturated heterocycles. The number of hydrogen-bond acceptors (Lipinski definition) is 4. The van der Waals surface area contributed by atoms with Crippen molar-refractivity contribution in [2.24, 2.45) is 5.92 Å². The number of rotatable bonds is 12. The Kier molecular flexibility index (Phi) is 12.3. The van der Waals surface area contributed by atoms with Crippen LogP contribution in [-0.4, -0.2) is 38.1 Å². The van der Waals surface area contributed by atoms with Crippen LogP contribution in [-0.2, 0) is 30.5 Å². The van der Waals surface area contributed by atoms with Crippen LogP contribution >= 0.6 is 35.4 Å². The molecule has 7 nitrogen and oxygen atoms in total. The zero-order valence-corrected chi connectivity index (χ0v) is 28.0. The van der Waals surface area contributed by atoms with Crippen LogP contribution in [0.3, 0.4) is 0 Å². The van der Waals surface area contributed by atoms with Gasteiger partial charge in [0.05, 0.1) is 40.0 Å². The van der Waals surface area contributed by atoms with Gasteiger partial charge in [0.1, 0.15) is 0 Å². The van der Waals surface area contributed by atoms with Gasteiger partial charge in [-0.1, -0.05) is 67.4 Å². The summed E-state index contributed by atoms with van der Waals surface area (Å²) in [5, 5.41) is 16.0. The molecule has 4 aromatic rings. The Hall–Kier alpha value is -4.11. The topological polar surface area (TPSA) is 86.0 Å². The van der Waals surface area contributed by atoms with E-state index < -0.39 is 11.7 Å². The van der Waals surface area contributed by atoms with Gasteiger partial charge in [0.25, 0.3) is 0 Å². The second-order valence-corrected chi connectivity index (χ2v) is 12.7. The zero-order chi connectivity index (χ0) is 34.1. The third-order valence-corrected chi connectivity index (χ3v) is 8.48. The molecule has 1 atom stereocenters. The molecule has 0 bridgehead atoms. The van der Waals surface area contributed by atoms with E-state index in [0.29, 0.717) is 39.8 Å². The van der Waals surface area contributed by atoms with Crippen molar-refractivity contribution >= 4 is 52.1 Å². The molecule has 0 saturated carbocycles. The maximum atomic E-state index is 13.4. The number of carbonyl (C=O) groups is 1. The lowest BCUT2D eigenvalue weighted by Gasteiger charge is -2.32. The first-order valence-corrected chi connectivity index (χ1v) is 15.9. The standard InChI is InChI=1S/C34H33Cl2F3N6OS/c1-22(2)13-28(42-31(46)15-29-17-41-21-45(29)18-24-11-9-23(16-40)10-12-24)20-44(19-25-5-3-8-30(35)32(25)36)33(47)43-27-7-4-6-26(14-27)34(37,38)39/h3-12,14,17,21-22,28H,13,15,18-20H2,1-2H3,(H,42,46)(H,43,47)/t28-/m0/s1. The Bertz CT molecular complexity index is 1740. The quantitative estimate of drug-likeness (QED) is 0.145. The number of nitriles is 1. The van der Waals surface area contributed by atoms with E-state index in [4.69, 9.17) is 40.7 Å². The molecule has 4 rings (SSSR count). The fraction of sp³-hybridized carbons (Fsp3) is 0.294. The van der Waals surface area contributed by atoms with Crippen molar-refractivity contribution in [3.63, 3.8) is 0 Å². The minimum absolute atomic E-state index is 0.0674. The monoisotopic (exact) mass is 700 g/mol. The molecule has 0 aliphatic heterocycles. The summed E-state index contributed by atoms with van der Waals surface area (Å²) in [6.07, 6.45) is -0.555. The Morgan fingerprint density at radius 1 is 1.11 bits per heavy atom. The minimum atomic E-state index is -4.52. The van der Waals surface area contributed by atoms with Crippen molar-refractivity contribution in [3.05, 3.63) is 117 Å². The number of nitrogens with one attached hydrogen (secondary N) is 2. The SMILES string of the molecule is CC(C)C[C@@H](CN(Cc1cccc(Cl)c1Cl)C(=S)Nc1cccc(C(F)(F)F)c1)NC(=O)Cc1cncn1Cc1ccc(C#N)cc1. The maximum Gasteiger partial charge on any atom is 0.416 e. The molecule has 0 unspecified atom stereocenters. The number of benzene rings is 3. The number of alkyl halides is 3. The average Bonchev–Trinajstić information content (AvgIpc) is 3.44. The molecule has 1 heterocycles. The molecule has 1 aromatic heterocycles. The molecule has 246 valence electrons. The van der Waals surface area contributed by atoms with Crippen LogP contribution in [0.5, 0.6) is 0 Å². The molecule has 0 spiro atoms. The third-order valence-electron chi connectivity index (χ3n) is 7.26. The lowest BCUT2D eigenvalue weighted by atomic mass is 10.0. The number of aromatic nitrogens is 2. The summed E-state index contributed by atoms with van der Waals surface area (Å²) < 4.78 is 42.1. The number of imidazole rings is 1. The van der Waals surface area contributed by atoms with Gasteiger partial charge in [-0.05, 0) is 72.1 Å². The first-order chi connectivity index (χ1) is 22.3. The zero-order valence-electron chi connectivity index (χ0n) is 25.7. The van der Waals surface area contributed by atoms with E-state index in [-0.39, 0.29) is 48.2 Å². The lowest BCUT2D eigenvalue weighted by Crippen LogP contribution is -2.47. The third kappa shape index (κ3) is 10.4. The second kappa shape index (κ2) is 16.1. The number of anilines is 1. The van der Waals surface area contributed by atoms with Gasteiger partial charge in [-0.15, -0.1) is 0 Å². The van der Waals surface area contributed by atoms with E-state index in [2.05, 4.69) is 21.7 Å². The van der Waals surface area contributed by atoms with Gasteiger partial charge in [0.2, 0.25) is 5.91 Å². The average molecular weight is 702 g/mol. The molecular weight excluding hydrogens is 668 g/mol. The van der Waals surface area contributed by atoms with Gasteiger partial charge >= 0.3 is 6.18 Å². The first-order valence-electron chi connectivity index (χ1n) is 14.8. The number of nitrogens with zero attached hydrogens (tertiary/aromatic N) is 4. The lowest BCUT2D eigenvalue weighted by molar-refractivity contribution is -0.137. The maximum absolute atomic E-state index is 13.4. The van der Waals surface area contributed by atoms with Crippen molar-refractivity contribution in [1.29, 1.82) is 5.26 Å². The van der Waals surface area contributed by atoms with E-state index in [1.54, 1.807) is 47.8 Å². The van der Waals surface area contributed by atoms with E-state index in [9.17, 15) is 18.0 Å². The van der Waals surface area contributed by atoms with Crippen LogP contribution in [0.25, 0.3) is 0 Å². The molecule has 0 fully saturated rings. The highest BCUT2D eigenvalue weighted by Crippen LogP contribution is 2.31. The van der Waals surface area contributed by atoms with Crippen molar-refractivity contribution in [3.8, 4) is 6.07 Å². The van der Waals surface area contributed by atoms with Crippen LogP contribution < -0.4 is 10.6 Å². The highest BCUT2D eigenvalue weighted by Gasteiger charge is 2.30. The number of amides is 1. The number of carbonyl (C=O) groups excluding carboxylic acids is 1. The number of thiocarbonyl (C=S) groups is 1. The molecule has 0 aliphatic rings. The van der Waals surface area contributed by atoms with E-state index >= 15 is 0 Å². The molecule has 3 aromatic carbocycles. The van der Waals surface area contributed by atoms with Crippen LogP contribution in [0.2, 0.25) is 10.0 Å². The largest absolute Gasteiger partial charge is 0.416 e. The smallest absolute Gasteiger partial charge is 0.351 e. The fourth-order valence-electron chi connectivity index (χ4n) is 5.05. The summed E-state index contributed by atoms with van der Waals surface area (Å²) in [4.78, 5) is 19.4. The van der Waals surface area contributed by atoms with Crippen molar-refractivity contribution in [2.75, 3.05) is 11.9 Å². The Morgan fingerprint density at radius 3 is 2.51 bits per heavy atom. The summed E-state index contributed by atoms with van der Waals surface area (Å²) in [6.45, 7) is 4.97. The summed E-state index contributed by atoms with van der Waals surface area (Å²) in [6, 6.07) is 18.9. The fourth-order valence-corrected chi connectivity index (χ4v) is 5.68. The van der Waals surface area contributed by atoms with Crippen LogP contribution in [0.4, 0.5) is 18.9 Å². The van der Waals surface area contributed by atoms with Gasteiger partial charge in [-0.25, -0.2) is 4.98 Å². The Labute approximate surface area is 287 Å². The van der Waals surface area contributed by atoms with Crippen molar-refractivity contribution < 1.29 is 18.0 Å². The minimum Gasteiger partial charge on any atom is -0.351 e. The van der Waals surface area contributed by atoms with E-state index in [1.165, 1.54) is 12.1 Å². The van der Waals surface area contributed by atoms with E-state index in [0.717, 1.165) is 17.7 Å². The summed E-state index contributed by atoms with van der Waals surface area (Å²) in [5.41, 5.74) is 2.25. The Morgan fingerprint density at radius 2 is 1.83 bits per heavy atom. The highest BCUT2D eigenvalue weighted by molar-refractivity contribution is 7.80. The predicted molar refractivity (Wildman–Crippen MR) is 182 cm³/mol. The van der Waals surface area contributed by atoms with Crippen molar-refractivity contribution in [2.45, 2.75) is 52.0 Å². The van der Waals surface area contributed by atoms with Crippen molar-refractivity contribution in [1.82, 2.24) is 19.8 Å². The van der Waals surface area contributed by atoms with Gasteiger partial charge in [-0.3, -0.25) is 4.79 Å². The molecule has 0 radical (unpaired) electrons. The molecule has 2 N–H and O–H groups in total. The summed E-state index contributed by atoms with van der Waals surface area (Å²) in [7, 11) is 0. The number of hydrogen-bond donors (Lipinski definition) is 2. The molecule has 0 aliphatic carbocycles. The molecule has 47 heavy (non-hydrogen) atoms. The first kappa shape index (κ1) is 35.7. The predicted octanol–water partition coefficient (Wildman–Crippen LogP) is 8.10. The summed E-state index contributed by atoms with van der Waals surface area (Å²) in [5.74, 6) is -0.0291. The highest BCUT2D eigenvalue weighted by atomic mass is 35.5. The Balaban J connectivity index is 1.53. The van der Waals surface area contributed by atoms with E-state index in [1.807, 2.05) is 30.5 Å². The van der Waals surface area contributed by atoms with Gasteiger partial charge in [-0.2, -0.15) is 18.4 Å². The molecule has 1 amide bonds. The second-order valence-electron chi connectivity index (χ2n) is 11.5. The van der Waals surface area contributed by atoms with Crippen LogP contribution in [0, 0.1) is 17.2 Å². The molecule has 13 heteroatoms. The van der Waals surface area contributed by atoms with Gasteiger partial charge in [0.15, 0.2) is 5.11 Å². The van der Waals surface area contributed by atoms with Gasteiger partial charge < -0.3 is 20.1 Å². The van der Waals surface area contributed by atoms with Gasteiger partial charge in [0, 0.05) is 43.3 Å². The van der Waals surface area contributed by atoms with Crippen LogP contribution in [0.15, 0.2) is 79.3 Å². The van der Waals surface area contributed by atoms with Crippen LogP contribution in [0.1, 0.15) is 48.2 Å².